The van der Waals surface area contributed by atoms with Crippen LogP contribution in [-0.4, -0.2) is 0 Å². The zero-order chi connectivity index (χ0) is 19.4. The molecule has 0 fully saturated rings. The van der Waals surface area contributed by atoms with Crippen molar-refractivity contribution in [3.8, 4) is 16.9 Å². The van der Waals surface area contributed by atoms with Crippen LogP contribution in [0.3, 0.4) is 0 Å². The van der Waals surface area contributed by atoms with Gasteiger partial charge in [-0.3, -0.25) is 0 Å². The Morgan fingerprint density at radius 3 is 2.11 bits per heavy atom. The van der Waals surface area contributed by atoms with E-state index >= 15 is 0 Å². The summed E-state index contributed by atoms with van der Waals surface area (Å²) in [6.45, 7) is 1.86. The number of hydrogen-bond donors (Lipinski definition) is 0. The lowest BCUT2D eigenvalue weighted by molar-refractivity contribution is 0.284. The topological polar surface area (TPSA) is 9.23 Å². The maximum atomic E-state index is 14.5. The van der Waals surface area contributed by atoms with E-state index in [-0.39, 0.29) is 17.9 Å². The van der Waals surface area contributed by atoms with Gasteiger partial charge >= 0.3 is 0 Å². The molecule has 3 aromatic carbocycles. The third-order valence-corrected chi connectivity index (χ3v) is 4.23. The van der Waals surface area contributed by atoms with Crippen molar-refractivity contribution in [2.45, 2.75) is 26.4 Å². The van der Waals surface area contributed by atoms with Gasteiger partial charge in [-0.2, -0.15) is 4.39 Å². The number of hydrogen-bond acceptors (Lipinski definition) is 1. The SMILES string of the molecule is CCCc1ccc(-c2ccc(OCc3ccc(F)c(F)c3)c(F)c2F)cc1. The lowest BCUT2D eigenvalue weighted by Gasteiger charge is -2.11. The van der Waals surface area contributed by atoms with E-state index in [2.05, 4.69) is 6.92 Å². The first-order valence-electron chi connectivity index (χ1n) is 8.63. The Balaban J connectivity index is 1.79. The molecule has 5 heteroatoms. The summed E-state index contributed by atoms with van der Waals surface area (Å²) < 4.78 is 60.2. The molecule has 27 heavy (non-hydrogen) atoms. The first-order valence-corrected chi connectivity index (χ1v) is 8.63. The van der Waals surface area contributed by atoms with E-state index in [1.165, 1.54) is 18.2 Å². The lowest BCUT2D eigenvalue weighted by Crippen LogP contribution is -2.01. The van der Waals surface area contributed by atoms with Gasteiger partial charge in [0.1, 0.15) is 6.61 Å². The molecular weight excluding hydrogens is 356 g/mol. The van der Waals surface area contributed by atoms with E-state index in [4.69, 9.17) is 4.74 Å². The molecule has 3 rings (SSSR count). The van der Waals surface area contributed by atoms with Crippen LogP contribution >= 0.6 is 0 Å². The second kappa shape index (κ2) is 8.25. The van der Waals surface area contributed by atoms with Crippen molar-refractivity contribution in [3.05, 3.63) is 89.0 Å². The number of ether oxygens (including phenoxy) is 1. The fourth-order valence-electron chi connectivity index (χ4n) is 2.80. The molecule has 0 heterocycles. The molecule has 0 atom stereocenters. The minimum absolute atomic E-state index is 0.135. The van der Waals surface area contributed by atoms with Gasteiger partial charge in [-0.1, -0.05) is 43.7 Å². The number of rotatable bonds is 6. The van der Waals surface area contributed by atoms with Crippen LogP contribution in [0.4, 0.5) is 17.6 Å². The van der Waals surface area contributed by atoms with E-state index < -0.39 is 23.3 Å². The standard InChI is InChI=1S/C22H18F4O/c1-2-3-14-4-7-16(8-5-14)17-9-11-20(22(26)21(17)25)27-13-15-6-10-18(23)19(24)12-15/h4-12H,2-3,13H2,1H3. The normalized spacial score (nSPS) is 10.9. The predicted molar refractivity (Wildman–Crippen MR) is 96.5 cm³/mol. The smallest absolute Gasteiger partial charge is 0.201 e. The molecule has 0 unspecified atom stereocenters. The summed E-state index contributed by atoms with van der Waals surface area (Å²) >= 11 is 0. The summed E-state index contributed by atoms with van der Waals surface area (Å²) in [5, 5.41) is 0. The highest BCUT2D eigenvalue weighted by Gasteiger charge is 2.16. The molecule has 0 amide bonds. The van der Waals surface area contributed by atoms with E-state index in [0.29, 0.717) is 11.1 Å². The van der Waals surface area contributed by atoms with Gasteiger partial charge < -0.3 is 4.74 Å². The molecule has 0 aliphatic rings. The van der Waals surface area contributed by atoms with Crippen molar-refractivity contribution in [3.63, 3.8) is 0 Å². The quantitative estimate of drug-likeness (QED) is 0.451. The molecule has 0 aliphatic heterocycles. The summed E-state index contributed by atoms with van der Waals surface area (Å²) in [6.07, 6.45) is 1.93. The molecular formula is C22H18F4O. The Kier molecular flexibility index (Phi) is 5.79. The lowest BCUT2D eigenvalue weighted by atomic mass is 10.0. The van der Waals surface area contributed by atoms with Crippen LogP contribution in [0, 0.1) is 23.3 Å². The molecule has 0 spiro atoms. The zero-order valence-electron chi connectivity index (χ0n) is 14.7. The van der Waals surface area contributed by atoms with Gasteiger partial charge in [0.2, 0.25) is 5.82 Å². The van der Waals surface area contributed by atoms with Crippen LogP contribution in [0.25, 0.3) is 11.1 Å². The Morgan fingerprint density at radius 2 is 1.44 bits per heavy atom. The average Bonchev–Trinajstić information content (AvgIpc) is 2.67. The highest BCUT2D eigenvalue weighted by molar-refractivity contribution is 5.65. The van der Waals surface area contributed by atoms with Crippen molar-refractivity contribution >= 4 is 0 Å². The fraction of sp³-hybridized carbons (Fsp3) is 0.182. The number of benzene rings is 3. The first kappa shape index (κ1) is 19.0. The molecule has 140 valence electrons. The molecule has 0 saturated heterocycles. The molecule has 3 aromatic rings. The van der Waals surface area contributed by atoms with Gasteiger partial charge in [0.05, 0.1) is 0 Å². The van der Waals surface area contributed by atoms with E-state index in [0.717, 1.165) is 30.5 Å². The maximum Gasteiger partial charge on any atom is 0.201 e. The van der Waals surface area contributed by atoms with Gasteiger partial charge in [0, 0.05) is 5.56 Å². The molecule has 0 saturated carbocycles. The van der Waals surface area contributed by atoms with E-state index in [9.17, 15) is 17.6 Å². The fourth-order valence-corrected chi connectivity index (χ4v) is 2.80. The Hall–Kier alpha value is -2.82. The highest BCUT2D eigenvalue weighted by Crippen LogP contribution is 2.30. The van der Waals surface area contributed by atoms with Crippen molar-refractivity contribution in [1.82, 2.24) is 0 Å². The Labute approximate surface area is 155 Å². The molecule has 0 N–H and O–H groups in total. The Morgan fingerprint density at radius 1 is 0.741 bits per heavy atom. The van der Waals surface area contributed by atoms with Gasteiger partial charge in [-0.15, -0.1) is 0 Å². The second-order valence-corrected chi connectivity index (χ2v) is 6.22. The van der Waals surface area contributed by atoms with Crippen molar-refractivity contribution < 1.29 is 22.3 Å². The summed E-state index contributed by atoms with van der Waals surface area (Å²) in [4.78, 5) is 0. The molecule has 1 nitrogen and oxygen atoms in total. The van der Waals surface area contributed by atoms with Crippen molar-refractivity contribution in [2.24, 2.45) is 0 Å². The van der Waals surface area contributed by atoms with E-state index in [1.807, 2.05) is 12.1 Å². The number of halogens is 4. The van der Waals surface area contributed by atoms with Crippen molar-refractivity contribution in [2.75, 3.05) is 0 Å². The molecule has 0 bridgehead atoms. The first-order chi connectivity index (χ1) is 13.0. The second-order valence-electron chi connectivity index (χ2n) is 6.22. The number of aryl methyl sites for hydroxylation is 1. The minimum Gasteiger partial charge on any atom is -0.486 e. The average molecular weight is 374 g/mol. The minimum atomic E-state index is -1.12. The molecule has 0 radical (unpaired) electrons. The van der Waals surface area contributed by atoms with Crippen molar-refractivity contribution in [1.29, 1.82) is 0 Å². The summed E-state index contributed by atoms with van der Waals surface area (Å²) in [6, 6.07) is 13.3. The third-order valence-electron chi connectivity index (χ3n) is 4.23. The summed E-state index contributed by atoms with van der Waals surface area (Å²) in [5.41, 5.74) is 2.15. The Bertz CT molecular complexity index is 936. The van der Waals surface area contributed by atoms with Gasteiger partial charge in [0.25, 0.3) is 0 Å². The highest BCUT2D eigenvalue weighted by atomic mass is 19.2. The van der Waals surface area contributed by atoms with Gasteiger partial charge in [-0.05, 0) is 47.4 Å². The third kappa shape index (κ3) is 4.30. The van der Waals surface area contributed by atoms with Gasteiger partial charge in [0.15, 0.2) is 23.2 Å². The van der Waals surface area contributed by atoms with Crippen LogP contribution in [0.5, 0.6) is 5.75 Å². The van der Waals surface area contributed by atoms with Crippen LogP contribution < -0.4 is 4.74 Å². The van der Waals surface area contributed by atoms with Crippen LogP contribution in [-0.2, 0) is 13.0 Å². The monoisotopic (exact) mass is 374 g/mol. The predicted octanol–water partition coefficient (Wildman–Crippen LogP) is 6.44. The van der Waals surface area contributed by atoms with Crippen LogP contribution in [0.2, 0.25) is 0 Å². The summed E-state index contributed by atoms with van der Waals surface area (Å²) in [5.74, 6) is -4.42. The molecule has 0 aromatic heterocycles. The molecule has 0 aliphatic carbocycles. The van der Waals surface area contributed by atoms with Crippen LogP contribution in [0.1, 0.15) is 24.5 Å². The summed E-state index contributed by atoms with van der Waals surface area (Å²) in [7, 11) is 0. The maximum absolute atomic E-state index is 14.5. The van der Waals surface area contributed by atoms with E-state index in [1.54, 1.807) is 12.1 Å². The van der Waals surface area contributed by atoms with Crippen LogP contribution in [0.15, 0.2) is 54.6 Å². The largest absolute Gasteiger partial charge is 0.486 e. The van der Waals surface area contributed by atoms with Gasteiger partial charge in [-0.25, -0.2) is 13.2 Å². The zero-order valence-corrected chi connectivity index (χ0v) is 14.7.